The maximum absolute atomic E-state index is 12.5. The number of esters is 1. The van der Waals surface area contributed by atoms with Gasteiger partial charge in [-0.2, -0.15) is 0 Å². The highest BCUT2D eigenvalue weighted by Gasteiger charge is 2.15. The van der Waals surface area contributed by atoms with Gasteiger partial charge in [-0.3, -0.25) is 0 Å². The van der Waals surface area contributed by atoms with Gasteiger partial charge in [0.2, 0.25) is 0 Å². The number of fused-ring (bicyclic) bond motifs is 1. The third-order valence-electron chi connectivity index (χ3n) is 5.59. The highest BCUT2D eigenvalue weighted by atomic mass is 35.5. The fourth-order valence-corrected chi connectivity index (χ4v) is 3.97. The summed E-state index contributed by atoms with van der Waals surface area (Å²) >= 11 is 6.14. The van der Waals surface area contributed by atoms with Gasteiger partial charge >= 0.3 is 5.97 Å². The predicted molar refractivity (Wildman–Crippen MR) is 129 cm³/mol. The van der Waals surface area contributed by atoms with Crippen LogP contribution in [0.4, 0.5) is 0 Å². The molecule has 0 bridgehead atoms. The van der Waals surface area contributed by atoms with Crippen LogP contribution in [-0.4, -0.2) is 15.9 Å². The van der Waals surface area contributed by atoms with Crippen molar-refractivity contribution in [3.63, 3.8) is 0 Å². The molecule has 32 heavy (non-hydrogen) atoms. The molecule has 0 aliphatic rings. The topological polar surface area (TPSA) is 55.0 Å². The Morgan fingerprint density at radius 1 is 1.03 bits per heavy atom. The van der Waals surface area contributed by atoms with Gasteiger partial charge in [0.15, 0.2) is 0 Å². The summed E-state index contributed by atoms with van der Waals surface area (Å²) in [5, 5.41) is 0.584. The predicted octanol–water partition coefficient (Wildman–Crippen LogP) is 6.92. The minimum atomic E-state index is -0.392. The van der Waals surface area contributed by atoms with E-state index in [1.54, 1.807) is 18.2 Å². The van der Waals surface area contributed by atoms with Crippen LogP contribution in [0.2, 0.25) is 5.02 Å². The van der Waals surface area contributed by atoms with E-state index in [1.165, 1.54) is 11.1 Å². The molecule has 4 nitrogen and oxygen atoms in total. The number of H-pyrrole nitrogens is 1. The van der Waals surface area contributed by atoms with Gasteiger partial charge in [0.1, 0.15) is 12.4 Å². The number of aromatic nitrogens is 2. The number of nitrogens with one attached hydrogen (secondary N) is 1. The van der Waals surface area contributed by atoms with E-state index in [4.69, 9.17) is 21.3 Å². The zero-order valence-electron chi connectivity index (χ0n) is 18.6. The summed E-state index contributed by atoms with van der Waals surface area (Å²) in [6.45, 7) is 6.72. The zero-order valence-corrected chi connectivity index (χ0v) is 19.3. The van der Waals surface area contributed by atoms with Gasteiger partial charge in [0, 0.05) is 16.5 Å². The number of imidazole rings is 1. The van der Waals surface area contributed by atoms with E-state index in [0.717, 1.165) is 28.8 Å². The minimum Gasteiger partial charge on any atom is -0.457 e. The number of halogens is 1. The van der Waals surface area contributed by atoms with Crippen molar-refractivity contribution in [3.8, 4) is 0 Å². The maximum atomic E-state index is 12.5. The molecule has 0 radical (unpaired) electrons. The van der Waals surface area contributed by atoms with E-state index < -0.39 is 5.97 Å². The summed E-state index contributed by atoms with van der Waals surface area (Å²) in [4.78, 5) is 20.7. The lowest BCUT2D eigenvalue weighted by atomic mass is 9.96. The zero-order chi connectivity index (χ0) is 22.7. The Labute approximate surface area is 193 Å². The number of hydrogen-bond donors (Lipinski definition) is 1. The van der Waals surface area contributed by atoms with Gasteiger partial charge in [0.05, 0.1) is 16.6 Å². The van der Waals surface area contributed by atoms with Crippen LogP contribution >= 0.6 is 11.6 Å². The molecule has 0 fully saturated rings. The van der Waals surface area contributed by atoms with Gasteiger partial charge in [-0.05, 0) is 47.7 Å². The van der Waals surface area contributed by atoms with E-state index in [-0.39, 0.29) is 12.5 Å². The monoisotopic (exact) mass is 446 g/mol. The normalized spacial score (nSPS) is 12.3. The van der Waals surface area contributed by atoms with Gasteiger partial charge in [0.25, 0.3) is 0 Å². The summed E-state index contributed by atoms with van der Waals surface area (Å²) in [5.41, 5.74) is 5.45. The van der Waals surface area contributed by atoms with Crippen LogP contribution in [0.1, 0.15) is 59.6 Å². The highest BCUT2D eigenvalue weighted by Crippen LogP contribution is 2.26. The molecule has 0 amide bonds. The Hall–Kier alpha value is -3.11. The van der Waals surface area contributed by atoms with Crippen LogP contribution in [-0.2, 0) is 17.8 Å². The van der Waals surface area contributed by atoms with Crippen molar-refractivity contribution >= 4 is 28.6 Å². The number of carbonyl (C=O) groups excluding carboxylic acids is 1. The summed E-state index contributed by atoms with van der Waals surface area (Å²) in [6, 6.07) is 21.5. The fourth-order valence-electron chi connectivity index (χ4n) is 3.78. The summed E-state index contributed by atoms with van der Waals surface area (Å²) < 4.78 is 5.45. The molecule has 4 aromatic rings. The molecule has 0 aliphatic carbocycles. The number of carbonyl (C=O) groups is 1. The molecule has 1 unspecified atom stereocenters. The van der Waals surface area contributed by atoms with Gasteiger partial charge in [-0.15, -0.1) is 0 Å². The number of nitrogens with zero attached hydrogens (tertiary/aromatic N) is 1. The van der Waals surface area contributed by atoms with Crippen molar-refractivity contribution in [2.24, 2.45) is 5.92 Å². The number of aromatic amines is 1. The SMILES string of the molecule is CC(C)Cc1ccc(C(C)c2nc3ccc(C(=O)OCc4ccccc4Cl)cc3[nH]2)cc1. The van der Waals surface area contributed by atoms with E-state index in [9.17, 15) is 4.79 Å². The molecule has 0 saturated heterocycles. The summed E-state index contributed by atoms with van der Waals surface area (Å²) in [7, 11) is 0. The molecule has 0 spiro atoms. The number of rotatable bonds is 7. The fraction of sp³-hybridized carbons (Fsp3) is 0.259. The van der Waals surface area contributed by atoms with Crippen molar-refractivity contribution in [1.29, 1.82) is 0 Å². The van der Waals surface area contributed by atoms with Crippen molar-refractivity contribution < 1.29 is 9.53 Å². The molecule has 1 N–H and O–H groups in total. The van der Waals surface area contributed by atoms with Crippen molar-refractivity contribution in [2.45, 2.75) is 39.7 Å². The van der Waals surface area contributed by atoms with E-state index >= 15 is 0 Å². The maximum Gasteiger partial charge on any atom is 0.338 e. The average molecular weight is 447 g/mol. The Morgan fingerprint density at radius 2 is 1.78 bits per heavy atom. The van der Waals surface area contributed by atoms with E-state index in [1.807, 2.05) is 24.3 Å². The molecule has 1 heterocycles. The first-order chi connectivity index (χ1) is 15.4. The van der Waals surface area contributed by atoms with Crippen LogP contribution in [0.25, 0.3) is 11.0 Å². The average Bonchev–Trinajstić information content (AvgIpc) is 3.21. The third-order valence-corrected chi connectivity index (χ3v) is 5.96. The Morgan fingerprint density at radius 3 is 2.50 bits per heavy atom. The Bertz CT molecular complexity index is 1230. The van der Waals surface area contributed by atoms with Crippen molar-refractivity contribution in [1.82, 2.24) is 9.97 Å². The van der Waals surface area contributed by atoms with Crippen LogP contribution in [0.5, 0.6) is 0 Å². The summed E-state index contributed by atoms with van der Waals surface area (Å²) in [5.74, 6) is 1.24. The first kappa shape index (κ1) is 22.1. The second-order valence-electron chi connectivity index (χ2n) is 8.58. The van der Waals surface area contributed by atoms with Crippen LogP contribution in [0, 0.1) is 5.92 Å². The van der Waals surface area contributed by atoms with Crippen LogP contribution in [0.3, 0.4) is 0 Å². The molecule has 5 heteroatoms. The molecule has 1 atom stereocenters. The smallest absolute Gasteiger partial charge is 0.338 e. The van der Waals surface area contributed by atoms with Gasteiger partial charge < -0.3 is 9.72 Å². The van der Waals surface area contributed by atoms with E-state index in [2.05, 4.69) is 50.0 Å². The molecule has 0 saturated carbocycles. The van der Waals surface area contributed by atoms with E-state index in [0.29, 0.717) is 16.5 Å². The Kier molecular flexibility index (Phi) is 6.61. The van der Waals surface area contributed by atoms with Crippen molar-refractivity contribution in [2.75, 3.05) is 0 Å². The lowest BCUT2D eigenvalue weighted by molar-refractivity contribution is 0.0473. The molecule has 1 aromatic heterocycles. The second kappa shape index (κ2) is 9.58. The summed E-state index contributed by atoms with van der Waals surface area (Å²) in [6.07, 6.45) is 1.08. The first-order valence-electron chi connectivity index (χ1n) is 10.9. The Balaban J connectivity index is 1.48. The third kappa shape index (κ3) is 5.03. The number of benzene rings is 3. The van der Waals surface area contributed by atoms with Crippen LogP contribution in [0.15, 0.2) is 66.7 Å². The molecule has 164 valence electrons. The van der Waals surface area contributed by atoms with Gasteiger partial charge in [-0.1, -0.05) is 74.8 Å². The molecule has 4 rings (SSSR count). The van der Waals surface area contributed by atoms with Gasteiger partial charge in [-0.25, -0.2) is 9.78 Å². The number of hydrogen-bond acceptors (Lipinski definition) is 3. The lowest BCUT2D eigenvalue weighted by Crippen LogP contribution is -2.05. The molecular formula is C27H27ClN2O2. The minimum absolute atomic E-state index is 0.117. The highest BCUT2D eigenvalue weighted by molar-refractivity contribution is 6.31. The van der Waals surface area contributed by atoms with Crippen LogP contribution < -0.4 is 0 Å². The second-order valence-corrected chi connectivity index (χ2v) is 8.99. The molecule has 3 aromatic carbocycles. The quantitative estimate of drug-likeness (QED) is 0.313. The first-order valence-corrected chi connectivity index (χ1v) is 11.3. The van der Waals surface area contributed by atoms with Crippen molar-refractivity contribution in [3.05, 3.63) is 99.8 Å². The largest absolute Gasteiger partial charge is 0.457 e. The molecular weight excluding hydrogens is 420 g/mol. The standard InChI is InChI=1S/C27H27ClN2O2/c1-17(2)14-19-8-10-20(11-9-19)18(3)26-29-24-13-12-21(15-25(24)30-26)27(31)32-16-22-6-4-5-7-23(22)28/h4-13,15,17-18H,14,16H2,1-3H3,(H,29,30). The lowest BCUT2D eigenvalue weighted by Gasteiger charge is -2.11. The number of ether oxygens (including phenoxy) is 1. The molecule has 0 aliphatic heterocycles.